The van der Waals surface area contributed by atoms with Gasteiger partial charge in [-0.15, -0.1) is 0 Å². The van der Waals surface area contributed by atoms with Crippen LogP contribution in [0, 0.1) is 0 Å². The summed E-state index contributed by atoms with van der Waals surface area (Å²) in [5.74, 6) is 0. The molecular weight excluding hydrogens is 446 g/mol. The number of hydrogen-bond acceptors (Lipinski definition) is 0. The van der Waals surface area contributed by atoms with Crippen LogP contribution in [0.15, 0.2) is 84.9 Å². The summed E-state index contributed by atoms with van der Waals surface area (Å²) in [4.78, 5) is 0. The van der Waals surface area contributed by atoms with Gasteiger partial charge < -0.3 is 0 Å². The van der Waals surface area contributed by atoms with Gasteiger partial charge >= 0.3 is 212 Å². The molecule has 0 bridgehead atoms. The summed E-state index contributed by atoms with van der Waals surface area (Å²) in [5.41, 5.74) is 2.30. The van der Waals surface area contributed by atoms with Crippen molar-refractivity contribution in [2.75, 3.05) is 24.6 Å². The summed E-state index contributed by atoms with van der Waals surface area (Å²) >= 11 is 0. The molecule has 0 amide bonds. The second kappa shape index (κ2) is 13.0. The Kier molecular flexibility index (Phi) is 10.4. The fourth-order valence-electron chi connectivity index (χ4n) is 6.19. The zero-order valence-electron chi connectivity index (χ0n) is 22.3. The molecule has 3 rings (SSSR count). The van der Waals surface area contributed by atoms with Gasteiger partial charge in [-0.05, 0) is 0 Å². The van der Waals surface area contributed by atoms with E-state index < -0.39 is 14.5 Å². The first-order valence-corrected chi connectivity index (χ1v) is 18.7. The zero-order valence-corrected chi connectivity index (χ0v) is 24.3. The van der Waals surface area contributed by atoms with Gasteiger partial charge in [0.05, 0.1) is 0 Å². The van der Waals surface area contributed by atoms with E-state index in [1.54, 1.807) is 21.5 Å². The topological polar surface area (TPSA) is 0 Å². The summed E-state index contributed by atoms with van der Waals surface area (Å²) in [6, 6.07) is 32.9. The number of unbranched alkanes of at least 4 members (excludes halogenated alkanes) is 2. The van der Waals surface area contributed by atoms with Gasteiger partial charge in [-0.3, -0.25) is 0 Å². The fraction of sp³-hybridized carbons (Fsp3) is 0.438. The Morgan fingerprint density at radius 1 is 0.559 bits per heavy atom. The molecule has 0 saturated heterocycles. The predicted octanol–water partition coefficient (Wildman–Crippen LogP) is 8.16. The molecule has 0 N–H and O–H groups in total. The van der Waals surface area contributed by atoms with Gasteiger partial charge in [0.1, 0.15) is 0 Å². The fourth-order valence-corrected chi connectivity index (χ4v) is 16.0. The molecule has 0 nitrogen and oxygen atoms in total. The third-order valence-electron chi connectivity index (χ3n) is 8.70. The Labute approximate surface area is 211 Å². The van der Waals surface area contributed by atoms with Gasteiger partial charge in [-0.1, -0.05) is 0 Å². The SMILES string of the molecule is CCCC[PH](c1ccccc1)(c1ccccc1)c1ccc(C(C)[PH](CC)(CC)CCCC)cc1. The van der Waals surface area contributed by atoms with Crippen LogP contribution in [0.1, 0.15) is 71.5 Å². The van der Waals surface area contributed by atoms with Crippen LogP contribution in [-0.2, 0) is 0 Å². The van der Waals surface area contributed by atoms with Crippen molar-refractivity contribution in [1.82, 2.24) is 0 Å². The van der Waals surface area contributed by atoms with E-state index in [1.165, 1.54) is 50.3 Å². The quantitative estimate of drug-likeness (QED) is 0.210. The second-order valence-corrected chi connectivity index (χ2v) is 19.8. The summed E-state index contributed by atoms with van der Waals surface area (Å²) in [6.07, 6.45) is 10.8. The Hall–Kier alpha value is -1.48. The molecule has 0 saturated carbocycles. The molecule has 1 atom stereocenters. The van der Waals surface area contributed by atoms with Crippen LogP contribution in [0.5, 0.6) is 0 Å². The molecule has 2 heteroatoms. The average Bonchev–Trinajstić information content (AvgIpc) is 2.91. The summed E-state index contributed by atoms with van der Waals surface area (Å²) in [5, 5.41) is 4.66. The molecule has 186 valence electrons. The number of rotatable bonds is 13. The first kappa shape index (κ1) is 27.1. The van der Waals surface area contributed by atoms with Gasteiger partial charge in [0.25, 0.3) is 0 Å². The first-order chi connectivity index (χ1) is 16.6. The number of benzene rings is 3. The molecule has 0 aliphatic heterocycles. The second-order valence-electron chi connectivity index (χ2n) is 10.3. The Morgan fingerprint density at radius 2 is 1.00 bits per heavy atom. The maximum atomic E-state index is 2.54. The molecule has 0 aliphatic rings. The zero-order chi connectivity index (χ0) is 24.4. The molecule has 0 spiro atoms. The van der Waals surface area contributed by atoms with Crippen molar-refractivity contribution < 1.29 is 0 Å². The molecule has 0 heterocycles. The summed E-state index contributed by atoms with van der Waals surface area (Å²) in [6.45, 7) is 12.1. The van der Waals surface area contributed by atoms with E-state index in [-0.39, 0.29) is 0 Å². The molecule has 0 aliphatic carbocycles. The molecule has 34 heavy (non-hydrogen) atoms. The van der Waals surface area contributed by atoms with E-state index in [1.807, 2.05) is 0 Å². The van der Waals surface area contributed by atoms with Crippen LogP contribution < -0.4 is 15.9 Å². The molecule has 0 fully saturated rings. The van der Waals surface area contributed by atoms with Crippen LogP contribution >= 0.6 is 14.5 Å². The van der Waals surface area contributed by atoms with Crippen molar-refractivity contribution in [1.29, 1.82) is 0 Å². The van der Waals surface area contributed by atoms with E-state index in [4.69, 9.17) is 0 Å². The van der Waals surface area contributed by atoms with E-state index in [2.05, 4.69) is 120 Å². The van der Waals surface area contributed by atoms with Crippen molar-refractivity contribution >= 4 is 30.4 Å². The van der Waals surface area contributed by atoms with Gasteiger partial charge in [-0.25, -0.2) is 0 Å². The van der Waals surface area contributed by atoms with E-state index in [9.17, 15) is 0 Å². The van der Waals surface area contributed by atoms with Gasteiger partial charge in [0, 0.05) is 0 Å². The van der Waals surface area contributed by atoms with Crippen molar-refractivity contribution in [3.05, 3.63) is 90.5 Å². The van der Waals surface area contributed by atoms with Crippen molar-refractivity contribution in [3.8, 4) is 0 Å². The van der Waals surface area contributed by atoms with Gasteiger partial charge in [0.2, 0.25) is 0 Å². The standard InChI is InChI=1S/C32H48P2/c1-6-10-26-33(8-3,9-4)28(5)29-22-24-32(25-23-29)34(27-11-7-2,30-18-14-12-15-19-30)31-20-16-13-17-21-31/h12-25,28,33-34H,6-11,26-27H2,1-5H3. The molecule has 3 aromatic rings. The van der Waals surface area contributed by atoms with Crippen molar-refractivity contribution in [3.63, 3.8) is 0 Å². The molecule has 0 aromatic heterocycles. The van der Waals surface area contributed by atoms with Gasteiger partial charge in [-0.2, -0.15) is 0 Å². The minimum absolute atomic E-state index is 0.725. The van der Waals surface area contributed by atoms with E-state index in [0.717, 1.165) is 5.66 Å². The van der Waals surface area contributed by atoms with E-state index in [0.29, 0.717) is 0 Å². The van der Waals surface area contributed by atoms with Crippen LogP contribution in [0.25, 0.3) is 0 Å². The van der Waals surface area contributed by atoms with Crippen LogP contribution in [-0.4, -0.2) is 24.6 Å². The minimum atomic E-state index is -2.07. The monoisotopic (exact) mass is 494 g/mol. The Bertz CT molecular complexity index is 919. The molecule has 0 radical (unpaired) electrons. The predicted molar refractivity (Wildman–Crippen MR) is 164 cm³/mol. The third-order valence-corrected chi connectivity index (χ3v) is 20.1. The number of hydrogen-bond donors (Lipinski definition) is 0. The normalized spacial score (nSPS) is 14.0. The molecule has 3 aromatic carbocycles. The molecular formula is C32H48P2. The van der Waals surface area contributed by atoms with Gasteiger partial charge in [0.15, 0.2) is 0 Å². The first-order valence-electron chi connectivity index (χ1n) is 13.8. The third kappa shape index (κ3) is 5.66. The summed E-state index contributed by atoms with van der Waals surface area (Å²) < 4.78 is 0. The average molecular weight is 495 g/mol. The van der Waals surface area contributed by atoms with Crippen LogP contribution in [0.3, 0.4) is 0 Å². The Morgan fingerprint density at radius 3 is 1.44 bits per heavy atom. The Balaban J connectivity index is 2.09. The van der Waals surface area contributed by atoms with Crippen LogP contribution in [0.2, 0.25) is 0 Å². The van der Waals surface area contributed by atoms with E-state index >= 15 is 0 Å². The molecule has 1 unspecified atom stereocenters. The summed E-state index contributed by atoms with van der Waals surface area (Å²) in [7, 11) is -3.38. The van der Waals surface area contributed by atoms with Crippen molar-refractivity contribution in [2.45, 2.75) is 66.0 Å². The maximum absolute atomic E-state index is 2.54. The van der Waals surface area contributed by atoms with Crippen LogP contribution in [0.4, 0.5) is 0 Å². The van der Waals surface area contributed by atoms with Crippen molar-refractivity contribution in [2.24, 2.45) is 0 Å².